The average Bonchev–Trinajstić information content (AvgIpc) is 2.34. The number of Topliss-reactive ketones (excluding diaryl/α,β-unsaturated/α-hetero) is 1. The second kappa shape index (κ2) is 2.56. The van der Waals surface area contributed by atoms with Gasteiger partial charge in [0, 0.05) is 12.0 Å². The zero-order valence-corrected chi connectivity index (χ0v) is 5.44. The molecule has 0 aliphatic carbocycles. The van der Waals surface area contributed by atoms with Crippen LogP contribution in [0.25, 0.3) is 0 Å². The maximum atomic E-state index is 11.7. The number of ketones is 1. The fourth-order valence-corrected chi connectivity index (χ4v) is 0.736. The van der Waals surface area contributed by atoms with Gasteiger partial charge in [0.25, 0.3) is 5.78 Å². The van der Waals surface area contributed by atoms with Crippen molar-refractivity contribution in [2.24, 2.45) is 0 Å². The molecule has 0 unspecified atom stereocenters. The lowest BCUT2D eigenvalue weighted by Gasteiger charge is -2.02. The molecule has 0 spiro atoms. The number of carbonyl (C=O) groups is 1. The van der Waals surface area contributed by atoms with Gasteiger partial charge in [-0.15, -0.1) is 0 Å². The van der Waals surface area contributed by atoms with Crippen LogP contribution in [0.4, 0.5) is 13.2 Å². The molecule has 0 aromatic carbocycles. The first-order chi connectivity index (χ1) is 5.02. The molecule has 0 N–H and O–H groups in total. The Morgan fingerprint density at radius 1 is 1.55 bits per heavy atom. The maximum Gasteiger partial charge on any atom is 0.454 e. The predicted molar refractivity (Wildman–Crippen MR) is 29.7 cm³/mol. The van der Waals surface area contributed by atoms with Crippen molar-refractivity contribution in [3.8, 4) is 0 Å². The van der Waals surface area contributed by atoms with Crippen LogP contribution in [-0.2, 0) is 9.53 Å². The van der Waals surface area contributed by atoms with Crippen LogP contribution in [0.15, 0.2) is 11.8 Å². The van der Waals surface area contributed by atoms with Gasteiger partial charge in [-0.3, -0.25) is 4.79 Å². The smallest absolute Gasteiger partial charge is 0.454 e. The van der Waals surface area contributed by atoms with Gasteiger partial charge in [-0.25, -0.2) is 0 Å². The van der Waals surface area contributed by atoms with E-state index in [-0.39, 0.29) is 18.6 Å². The van der Waals surface area contributed by atoms with Crippen molar-refractivity contribution in [3.05, 3.63) is 11.8 Å². The molecule has 5 heteroatoms. The van der Waals surface area contributed by atoms with Crippen molar-refractivity contribution in [1.29, 1.82) is 0 Å². The lowest BCUT2D eigenvalue weighted by Crippen LogP contribution is -2.23. The molecule has 1 heterocycles. The van der Waals surface area contributed by atoms with Gasteiger partial charge in [-0.1, -0.05) is 0 Å². The van der Waals surface area contributed by atoms with Crippen LogP contribution >= 0.6 is 0 Å². The standard InChI is InChI=1S/C6H5F3O2/c7-6(8,9)5(10)4-1-2-11-3-4/h3H,1-2H2. The van der Waals surface area contributed by atoms with Crippen LogP contribution < -0.4 is 0 Å². The van der Waals surface area contributed by atoms with Gasteiger partial charge in [0.2, 0.25) is 0 Å². The van der Waals surface area contributed by atoms with Gasteiger partial charge in [0.1, 0.15) is 0 Å². The van der Waals surface area contributed by atoms with Crippen LogP contribution in [0.2, 0.25) is 0 Å². The summed E-state index contributed by atoms with van der Waals surface area (Å²) in [6.07, 6.45) is -3.84. The fraction of sp³-hybridized carbons (Fsp3) is 0.500. The van der Waals surface area contributed by atoms with Crippen molar-refractivity contribution in [2.75, 3.05) is 6.61 Å². The summed E-state index contributed by atoms with van der Waals surface area (Å²) in [6.45, 7) is 0.164. The number of rotatable bonds is 1. The Morgan fingerprint density at radius 2 is 2.18 bits per heavy atom. The zero-order chi connectivity index (χ0) is 8.48. The predicted octanol–water partition coefficient (Wildman–Crippen LogP) is 1.42. The topological polar surface area (TPSA) is 26.3 Å². The second-order valence-electron chi connectivity index (χ2n) is 2.09. The van der Waals surface area contributed by atoms with Crippen molar-refractivity contribution in [1.82, 2.24) is 0 Å². The van der Waals surface area contributed by atoms with Gasteiger partial charge in [-0.05, 0) is 0 Å². The van der Waals surface area contributed by atoms with E-state index in [0.717, 1.165) is 6.26 Å². The molecule has 0 bridgehead atoms. The van der Waals surface area contributed by atoms with Gasteiger partial charge in [0.15, 0.2) is 0 Å². The van der Waals surface area contributed by atoms with Gasteiger partial charge in [0.05, 0.1) is 12.9 Å². The van der Waals surface area contributed by atoms with Crippen molar-refractivity contribution in [2.45, 2.75) is 12.6 Å². The summed E-state index contributed by atoms with van der Waals surface area (Å²) < 4.78 is 39.5. The highest BCUT2D eigenvalue weighted by molar-refractivity contribution is 5.99. The molecule has 11 heavy (non-hydrogen) atoms. The van der Waals surface area contributed by atoms with Gasteiger partial charge >= 0.3 is 6.18 Å². The Labute approximate surface area is 60.6 Å². The summed E-state index contributed by atoms with van der Waals surface area (Å²) in [7, 11) is 0. The molecule has 1 aliphatic heterocycles. The molecular formula is C6H5F3O2. The third-order valence-electron chi connectivity index (χ3n) is 1.26. The van der Waals surface area contributed by atoms with Crippen LogP contribution in [-0.4, -0.2) is 18.6 Å². The number of carbonyl (C=O) groups excluding carboxylic acids is 1. The highest BCUT2D eigenvalue weighted by atomic mass is 19.4. The Bertz CT molecular complexity index is 204. The minimum Gasteiger partial charge on any atom is -0.500 e. The largest absolute Gasteiger partial charge is 0.500 e. The molecule has 0 fully saturated rings. The Hall–Kier alpha value is -1.00. The molecular weight excluding hydrogens is 161 g/mol. The van der Waals surface area contributed by atoms with Crippen molar-refractivity contribution in [3.63, 3.8) is 0 Å². The first-order valence-electron chi connectivity index (χ1n) is 2.94. The van der Waals surface area contributed by atoms with E-state index in [9.17, 15) is 18.0 Å². The fourth-order valence-electron chi connectivity index (χ4n) is 0.736. The Balaban J connectivity index is 2.68. The molecule has 0 atom stereocenters. The van der Waals surface area contributed by atoms with Gasteiger partial charge in [-0.2, -0.15) is 13.2 Å². The quantitative estimate of drug-likeness (QED) is 0.588. The molecule has 62 valence electrons. The molecule has 0 amide bonds. The van der Waals surface area contributed by atoms with Crippen molar-refractivity contribution >= 4 is 5.78 Å². The molecule has 0 aromatic rings. The first kappa shape index (κ1) is 8.10. The summed E-state index contributed by atoms with van der Waals surface area (Å²) in [5, 5.41) is 0. The van der Waals surface area contributed by atoms with Gasteiger partial charge < -0.3 is 4.74 Å². The second-order valence-corrected chi connectivity index (χ2v) is 2.09. The summed E-state index contributed by atoms with van der Waals surface area (Å²) in [5.74, 6) is -1.80. The van der Waals surface area contributed by atoms with E-state index in [1.165, 1.54) is 0 Å². The van der Waals surface area contributed by atoms with E-state index in [0.29, 0.717) is 0 Å². The summed E-state index contributed by atoms with van der Waals surface area (Å²) in [6, 6.07) is 0. The third-order valence-corrected chi connectivity index (χ3v) is 1.26. The molecule has 0 aromatic heterocycles. The highest BCUT2D eigenvalue weighted by Gasteiger charge is 2.41. The van der Waals surface area contributed by atoms with Crippen LogP contribution in [0, 0.1) is 0 Å². The molecule has 2 nitrogen and oxygen atoms in total. The lowest BCUT2D eigenvalue weighted by atomic mass is 10.1. The first-order valence-corrected chi connectivity index (χ1v) is 2.94. The van der Waals surface area contributed by atoms with Crippen LogP contribution in [0.1, 0.15) is 6.42 Å². The normalized spacial score (nSPS) is 17.5. The van der Waals surface area contributed by atoms with Crippen molar-refractivity contribution < 1.29 is 22.7 Å². The monoisotopic (exact) mass is 166 g/mol. The maximum absolute atomic E-state index is 11.7. The Morgan fingerprint density at radius 3 is 2.55 bits per heavy atom. The van der Waals surface area contributed by atoms with E-state index < -0.39 is 12.0 Å². The zero-order valence-electron chi connectivity index (χ0n) is 5.44. The SMILES string of the molecule is O=C(C1=COCC1)C(F)(F)F. The summed E-state index contributed by atoms with van der Waals surface area (Å²) >= 11 is 0. The average molecular weight is 166 g/mol. The highest BCUT2D eigenvalue weighted by Crippen LogP contribution is 2.24. The minimum absolute atomic E-state index is 0.0539. The summed E-state index contributed by atoms with van der Waals surface area (Å²) in [5.41, 5.74) is -0.294. The van der Waals surface area contributed by atoms with E-state index in [1.54, 1.807) is 0 Å². The number of halogens is 3. The molecule has 1 rings (SSSR count). The Kier molecular flexibility index (Phi) is 1.89. The van der Waals surface area contributed by atoms with E-state index in [1.807, 2.05) is 0 Å². The van der Waals surface area contributed by atoms with Crippen LogP contribution in [0.5, 0.6) is 0 Å². The number of hydrogen-bond donors (Lipinski definition) is 0. The molecule has 0 saturated carbocycles. The number of hydrogen-bond acceptors (Lipinski definition) is 2. The van der Waals surface area contributed by atoms with Crippen LogP contribution in [0.3, 0.4) is 0 Å². The van der Waals surface area contributed by atoms with E-state index >= 15 is 0 Å². The minimum atomic E-state index is -4.76. The summed E-state index contributed by atoms with van der Waals surface area (Å²) in [4.78, 5) is 10.4. The van der Waals surface area contributed by atoms with E-state index in [2.05, 4.69) is 4.74 Å². The van der Waals surface area contributed by atoms with E-state index in [4.69, 9.17) is 0 Å². The molecule has 0 radical (unpaired) electrons. The number of alkyl halides is 3. The molecule has 0 saturated heterocycles. The lowest BCUT2D eigenvalue weighted by molar-refractivity contribution is -0.166. The number of ether oxygens (including phenoxy) is 1. The molecule has 1 aliphatic rings. The third kappa shape index (κ3) is 1.72.